The quantitative estimate of drug-likeness (QED) is 0.516. The molecule has 0 aliphatic carbocycles. The van der Waals surface area contributed by atoms with Gasteiger partial charge in [0.05, 0.1) is 15.5 Å². The minimum atomic E-state index is -1.28. The van der Waals surface area contributed by atoms with Crippen LogP contribution in [0.3, 0.4) is 0 Å². The van der Waals surface area contributed by atoms with Crippen molar-refractivity contribution in [3.63, 3.8) is 0 Å². The highest BCUT2D eigenvalue weighted by atomic mass is 35.5. The van der Waals surface area contributed by atoms with Gasteiger partial charge in [-0.1, -0.05) is 66.2 Å². The van der Waals surface area contributed by atoms with E-state index in [1.165, 1.54) is 17.3 Å². The van der Waals surface area contributed by atoms with E-state index in [1.807, 2.05) is 48.6 Å². The van der Waals surface area contributed by atoms with E-state index in [4.69, 9.17) is 11.6 Å². The molecule has 2 aromatic rings. The minimum absolute atomic E-state index is 0.165. The van der Waals surface area contributed by atoms with Gasteiger partial charge in [0, 0.05) is 12.3 Å². The third-order valence-corrected chi connectivity index (χ3v) is 6.16. The van der Waals surface area contributed by atoms with Crippen molar-refractivity contribution in [2.24, 2.45) is 0 Å². The molecule has 1 atom stereocenters. The lowest BCUT2D eigenvalue weighted by Crippen LogP contribution is -2.48. The van der Waals surface area contributed by atoms with E-state index >= 15 is 0 Å². The first-order valence-electron chi connectivity index (χ1n) is 10.1. The zero-order valence-corrected chi connectivity index (χ0v) is 18.8. The van der Waals surface area contributed by atoms with Crippen molar-refractivity contribution in [1.82, 2.24) is 10.6 Å². The maximum absolute atomic E-state index is 12.6. The summed E-state index contributed by atoms with van der Waals surface area (Å²) in [5.41, 5.74) is 2.17. The number of nitrogens with one attached hydrogen (secondary N) is 2. The molecule has 0 radical (unpaired) electrons. The Morgan fingerprint density at radius 3 is 2.56 bits per heavy atom. The average molecular weight is 471 g/mol. The number of amides is 2. The summed E-state index contributed by atoms with van der Waals surface area (Å²) in [6, 6.07) is 13.7. The molecule has 32 heavy (non-hydrogen) atoms. The molecule has 0 bridgehead atoms. The van der Waals surface area contributed by atoms with Crippen LogP contribution in [0, 0.1) is 0 Å². The van der Waals surface area contributed by atoms with Crippen LogP contribution in [-0.4, -0.2) is 41.2 Å². The monoisotopic (exact) mass is 470 g/mol. The first kappa shape index (κ1) is 23.6. The van der Waals surface area contributed by atoms with Crippen molar-refractivity contribution in [2.45, 2.75) is 18.9 Å². The number of carboxylic acids is 1. The van der Waals surface area contributed by atoms with E-state index in [-0.39, 0.29) is 23.0 Å². The number of carboxylic acid groups (broad SMARTS) is 1. The van der Waals surface area contributed by atoms with Gasteiger partial charge in [0.2, 0.25) is 0 Å². The van der Waals surface area contributed by atoms with Crippen LogP contribution >= 0.6 is 23.4 Å². The molecular formula is C24H23ClN2O4S. The predicted octanol–water partition coefficient (Wildman–Crippen LogP) is 3.92. The molecule has 1 aliphatic rings. The van der Waals surface area contributed by atoms with Crippen LogP contribution in [-0.2, 0) is 16.0 Å². The summed E-state index contributed by atoms with van der Waals surface area (Å²) < 4.78 is 0. The van der Waals surface area contributed by atoms with Gasteiger partial charge >= 0.3 is 5.97 Å². The highest BCUT2D eigenvalue weighted by Crippen LogP contribution is 2.24. The summed E-state index contributed by atoms with van der Waals surface area (Å²) in [5, 5.41) is 14.6. The fraction of sp³-hybridized carbons (Fsp3) is 0.208. The molecule has 8 heteroatoms. The van der Waals surface area contributed by atoms with Gasteiger partial charge in [-0.05, 0) is 36.1 Å². The minimum Gasteiger partial charge on any atom is -0.480 e. The molecule has 2 amide bonds. The lowest BCUT2D eigenvalue weighted by atomic mass is 10.1. The number of carbonyl (C=O) groups excluding carboxylic acids is 2. The molecule has 6 nitrogen and oxygen atoms in total. The fourth-order valence-corrected chi connectivity index (χ4v) is 4.23. The third kappa shape index (κ3) is 6.73. The van der Waals surface area contributed by atoms with Crippen molar-refractivity contribution >= 4 is 47.2 Å². The normalized spacial score (nSPS) is 14.1. The van der Waals surface area contributed by atoms with Gasteiger partial charge in [0.1, 0.15) is 6.04 Å². The summed E-state index contributed by atoms with van der Waals surface area (Å²) in [7, 11) is 0. The van der Waals surface area contributed by atoms with Crippen LogP contribution in [0.15, 0.2) is 65.6 Å². The van der Waals surface area contributed by atoms with Gasteiger partial charge in [-0.15, -0.1) is 11.8 Å². The number of benzene rings is 2. The highest BCUT2D eigenvalue weighted by Gasteiger charge is 2.24. The molecule has 0 unspecified atom stereocenters. The fourth-order valence-electron chi connectivity index (χ4n) is 3.06. The zero-order chi connectivity index (χ0) is 22.9. The van der Waals surface area contributed by atoms with Crippen LogP contribution in [0.5, 0.6) is 0 Å². The van der Waals surface area contributed by atoms with Crippen molar-refractivity contribution in [3.8, 4) is 0 Å². The smallest absolute Gasteiger partial charge is 0.328 e. The van der Waals surface area contributed by atoms with Crippen molar-refractivity contribution in [3.05, 3.63) is 87.3 Å². The summed E-state index contributed by atoms with van der Waals surface area (Å²) in [6.45, 7) is -0.226. The summed E-state index contributed by atoms with van der Waals surface area (Å²) in [5.74, 6) is -1.37. The van der Waals surface area contributed by atoms with Crippen LogP contribution in [0.1, 0.15) is 27.9 Å². The first-order chi connectivity index (χ1) is 15.4. The Labute approximate surface area is 195 Å². The first-order valence-corrected chi connectivity index (χ1v) is 11.4. The van der Waals surface area contributed by atoms with Crippen LogP contribution in [0.4, 0.5) is 0 Å². The number of hydrogen-bond donors (Lipinski definition) is 3. The average Bonchev–Trinajstić information content (AvgIpc) is 3.32. The van der Waals surface area contributed by atoms with Gasteiger partial charge in [0.25, 0.3) is 11.8 Å². The molecule has 0 spiro atoms. The Morgan fingerprint density at radius 2 is 1.91 bits per heavy atom. The molecular weight excluding hydrogens is 448 g/mol. The Morgan fingerprint density at radius 1 is 1.12 bits per heavy atom. The summed E-state index contributed by atoms with van der Waals surface area (Å²) >= 11 is 7.69. The molecule has 2 aromatic carbocycles. The van der Waals surface area contributed by atoms with E-state index in [0.717, 1.165) is 24.2 Å². The number of hydrogen-bond acceptors (Lipinski definition) is 4. The molecule has 1 aliphatic heterocycles. The number of rotatable bonds is 9. The largest absolute Gasteiger partial charge is 0.480 e. The maximum atomic E-state index is 12.6. The lowest BCUT2D eigenvalue weighted by Gasteiger charge is -2.16. The second-order valence-electron chi connectivity index (χ2n) is 7.11. The van der Waals surface area contributed by atoms with Crippen molar-refractivity contribution in [2.75, 3.05) is 12.3 Å². The summed E-state index contributed by atoms with van der Waals surface area (Å²) in [6.07, 6.45) is 7.29. The van der Waals surface area contributed by atoms with E-state index in [0.29, 0.717) is 4.91 Å². The molecule has 0 saturated heterocycles. The SMILES string of the molecule is O=C(NC[C@H](NC(=O)c1ccc(/C=C/Cc2ccccc2)cc1Cl)C(=O)O)C1=CCCS1. The lowest BCUT2D eigenvalue weighted by molar-refractivity contribution is -0.139. The topological polar surface area (TPSA) is 95.5 Å². The predicted molar refractivity (Wildman–Crippen MR) is 128 cm³/mol. The molecule has 3 N–H and O–H groups in total. The van der Waals surface area contributed by atoms with Gasteiger partial charge in [-0.25, -0.2) is 4.79 Å². The van der Waals surface area contributed by atoms with Crippen molar-refractivity contribution in [1.29, 1.82) is 0 Å². The van der Waals surface area contributed by atoms with Crippen LogP contribution < -0.4 is 10.6 Å². The Hall–Kier alpha value is -3.03. The number of allylic oxidation sites excluding steroid dienone is 2. The third-order valence-electron chi connectivity index (χ3n) is 4.74. The number of thioether (sulfide) groups is 1. The summed E-state index contributed by atoms with van der Waals surface area (Å²) in [4.78, 5) is 36.8. The Kier molecular flexibility index (Phi) is 8.53. The van der Waals surface area contributed by atoms with Gasteiger partial charge < -0.3 is 15.7 Å². The van der Waals surface area contributed by atoms with E-state index in [1.54, 1.807) is 18.2 Å². The van der Waals surface area contributed by atoms with Gasteiger partial charge in [-0.3, -0.25) is 9.59 Å². The van der Waals surface area contributed by atoms with E-state index in [2.05, 4.69) is 10.6 Å². The van der Waals surface area contributed by atoms with Crippen LogP contribution in [0.2, 0.25) is 5.02 Å². The van der Waals surface area contributed by atoms with Crippen molar-refractivity contribution < 1.29 is 19.5 Å². The van der Waals surface area contributed by atoms with Gasteiger partial charge in [-0.2, -0.15) is 0 Å². The van der Waals surface area contributed by atoms with Gasteiger partial charge in [0.15, 0.2) is 0 Å². The number of halogens is 1. The molecule has 3 rings (SSSR count). The highest BCUT2D eigenvalue weighted by molar-refractivity contribution is 8.04. The maximum Gasteiger partial charge on any atom is 0.328 e. The zero-order valence-electron chi connectivity index (χ0n) is 17.2. The standard InChI is InChI=1S/C24H23ClN2O4S/c25-19-14-17(9-4-8-16-6-2-1-3-7-16)11-12-18(19)22(28)27-20(24(30)31)15-26-23(29)21-10-5-13-32-21/h1-4,6-7,9-12,14,20H,5,8,13,15H2,(H,26,29)(H,27,28)(H,30,31)/b9-4+/t20-/m0/s1. The van der Waals surface area contributed by atoms with E-state index in [9.17, 15) is 19.5 Å². The Bertz CT molecular complexity index is 1050. The number of aliphatic carboxylic acids is 1. The molecule has 1 heterocycles. The number of carbonyl (C=O) groups is 3. The second-order valence-corrected chi connectivity index (χ2v) is 8.66. The Balaban J connectivity index is 1.58. The van der Waals surface area contributed by atoms with Crippen LogP contribution in [0.25, 0.3) is 6.08 Å². The molecule has 166 valence electrons. The second kappa shape index (κ2) is 11.5. The molecule has 0 saturated carbocycles. The molecule has 0 aromatic heterocycles. The molecule has 0 fully saturated rings. The van der Waals surface area contributed by atoms with E-state index < -0.39 is 17.9 Å².